The third kappa shape index (κ3) is 4.59. The molecule has 1 saturated heterocycles. The van der Waals surface area contributed by atoms with Crippen LogP contribution in [0.15, 0.2) is 36.4 Å². The third-order valence-electron chi connectivity index (χ3n) is 4.03. The van der Waals surface area contributed by atoms with Crippen molar-refractivity contribution in [2.75, 3.05) is 37.0 Å². The fourth-order valence-corrected chi connectivity index (χ4v) is 2.74. The Morgan fingerprint density at radius 3 is 2.52 bits per heavy atom. The Bertz CT molecular complexity index is 700. The van der Waals surface area contributed by atoms with Gasteiger partial charge in [0.1, 0.15) is 0 Å². The summed E-state index contributed by atoms with van der Waals surface area (Å²) in [5.41, 5.74) is 0. The SMILES string of the molecule is COc1ccccc1OCC(=O)Nc1ccc(N2CCCCC2)nn1. The van der Waals surface area contributed by atoms with E-state index in [1.807, 2.05) is 18.2 Å². The second-order valence-electron chi connectivity index (χ2n) is 5.81. The number of carbonyl (C=O) groups excluding carboxylic acids is 1. The fourth-order valence-electron chi connectivity index (χ4n) is 2.74. The van der Waals surface area contributed by atoms with Crippen LogP contribution in [-0.2, 0) is 4.79 Å². The molecule has 1 aromatic heterocycles. The number of hydrogen-bond acceptors (Lipinski definition) is 6. The Hall–Kier alpha value is -2.83. The minimum absolute atomic E-state index is 0.129. The summed E-state index contributed by atoms with van der Waals surface area (Å²) in [4.78, 5) is 14.2. The van der Waals surface area contributed by atoms with Gasteiger partial charge in [0.2, 0.25) is 0 Å². The minimum atomic E-state index is -0.300. The van der Waals surface area contributed by atoms with Crippen LogP contribution < -0.4 is 19.7 Å². The van der Waals surface area contributed by atoms with Crippen molar-refractivity contribution in [3.8, 4) is 11.5 Å². The van der Waals surface area contributed by atoms with E-state index in [0.717, 1.165) is 18.9 Å². The first-order valence-corrected chi connectivity index (χ1v) is 8.40. The van der Waals surface area contributed by atoms with E-state index in [-0.39, 0.29) is 12.5 Å². The number of nitrogens with zero attached hydrogens (tertiary/aromatic N) is 3. The number of para-hydroxylation sites is 2. The van der Waals surface area contributed by atoms with E-state index in [1.165, 1.54) is 19.3 Å². The number of carbonyl (C=O) groups is 1. The van der Waals surface area contributed by atoms with Crippen LogP contribution in [0.3, 0.4) is 0 Å². The van der Waals surface area contributed by atoms with E-state index < -0.39 is 0 Å². The van der Waals surface area contributed by atoms with Crippen LogP contribution in [0.5, 0.6) is 11.5 Å². The lowest BCUT2D eigenvalue weighted by molar-refractivity contribution is -0.118. The number of nitrogens with one attached hydrogen (secondary N) is 1. The molecule has 0 bridgehead atoms. The van der Waals surface area contributed by atoms with Crippen LogP contribution in [0.4, 0.5) is 11.6 Å². The predicted octanol–water partition coefficient (Wildman–Crippen LogP) is 2.49. The number of rotatable bonds is 6. The van der Waals surface area contributed by atoms with Gasteiger partial charge in [0, 0.05) is 13.1 Å². The summed E-state index contributed by atoms with van der Waals surface area (Å²) in [6, 6.07) is 10.8. The highest BCUT2D eigenvalue weighted by Gasteiger charge is 2.13. The number of benzene rings is 1. The smallest absolute Gasteiger partial charge is 0.263 e. The van der Waals surface area contributed by atoms with Crippen molar-refractivity contribution < 1.29 is 14.3 Å². The van der Waals surface area contributed by atoms with E-state index in [9.17, 15) is 4.79 Å². The Kier molecular flexibility index (Phi) is 5.66. The molecule has 0 atom stereocenters. The molecule has 7 nitrogen and oxygen atoms in total. The van der Waals surface area contributed by atoms with Crippen LogP contribution in [0, 0.1) is 0 Å². The molecule has 0 unspecified atom stereocenters. The van der Waals surface area contributed by atoms with Crippen molar-refractivity contribution >= 4 is 17.5 Å². The molecule has 3 rings (SSSR count). The first kappa shape index (κ1) is 17.0. The molecule has 132 valence electrons. The lowest BCUT2D eigenvalue weighted by atomic mass is 10.1. The van der Waals surface area contributed by atoms with Gasteiger partial charge in [-0.15, -0.1) is 10.2 Å². The molecule has 1 aromatic carbocycles. The highest BCUT2D eigenvalue weighted by molar-refractivity contribution is 5.90. The molecular weight excluding hydrogens is 320 g/mol. The van der Waals surface area contributed by atoms with Gasteiger partial charge in [-0.3, -0.25) is 4.79 Å². The topological polar surface area (TPSA) is 76.6 Å². The standard InChI is InChI=1S/C18H22N4O3/c1-24-14-7-3-4-8-15(14)25-13-18(23)19-16-9-10-17(21-20-16)22-11-5-2-6-12-22/h3-4,7-10H,2,5-6,11-13H2,1H3,(H,19,20,23). The van der Waals surface area contributed by atoms with Gasteiger partial charge in [-0.25, -0.2) is 0 Å². The molecule has 1 fully saturated rings. The molecule has 0 spiro atoms. The third-order valence-corrected chi connectivity index (χ3v) is 4.03. The molecule has 1 aliphatic heterocycles. The number of ether oxygens (including phenoxy) is 2. The molecule has 1 amide bonds. The molecular formula is C18H22N4O3. The van der Waals surface area contributed by atoms with Crippen LogP contribution in [-0.4, -0.2) is 42.9 Å². The quantitative estimate of drug-likeness (QED) is 0.869. The molecule has 25 heavy (non-hydrogen) atoms. The van der Waals surface area contributed by atoms with Crippen molar-refractivity contribution in [1.82, 2.24) is 10.2 Å². The van der Waals surface area contributed by atoms with Crippen molar-refractivity contribution in [3.63, 3.8) is 0 Å². The number of anilines is 2. The molecule has 1 aliphatic rings. The molecule has 2 heterocycles. The monoisotopic (exact) mass is 342 g/mol. The zero-order chi connectivity index (χ0) is 17.5. The second-order valence-corrected chi connectivity index (χ2v) is 5.81. The Morgan fingerprint density at radius 1 is 1.08 bits per heavy atom. The number of aromatic nitrogens is 2. The molecule has 2 aromatic rings. The van der Waals surface area contributed by atoms with Crippen molar-refractivity contribution in [2.24, 2.45) is 0 Å². The summed E-state index contributed by atoms with van der Waals surface area (Å²) in [5, 5.41) is 11.0. The summed E-state index contributed by atoms with van der Waals surface area (Å²) in [6.07, 6.45) is 3.63. The van der Waals surface area contributed by atoms with E-state index in [1.54, 1.807) is 25.3 Å². The first-order valence-electron chi connectivity index (χ1n) is 8.40. The number of piperidine rings is 1. The van der Waals surface area contributed by atoms with E-state index in [4.69, 9.17) is 9.47 Å². The fraction of sp³-hybridized carbons (Fsp3) is 0.389. The van der Waals surface area contributed by atoms with Crippen molar-refractivity contribution in [2.45, 2.75) is 19.3 Å². The van der Waals surface area contributed by atoms with Crippen molar-refractivity contribution in [3.05, 3.63) is 36.4 Å². The molecule has 0 radical (unpaired) electrons. The van der Waals surface area contributed by atoms with Crippen LogP contribution in [0.25, 0.3) is 0 Å². The summed E-state index contributed by atoms with van der Waals surface area (Å²) >= 11 is 0. The number of hydrogen-bond donors (Lipinski definition) is 1. The predicted molar refractivity (Wildman–Crippen MR) is 95.2 cm³/mol. The van der Waals surface area contributed by atoms with E-state index in [0.29, 0.717) is 17.3 Å². The van der Waals surface area contributed by atoms with Crippen LogP contribution in [0.2, 0.25) is 0 Å². The first-order chi connectivity index (χ1) is 12.3. The van der Waals surface area contributed by atoms with Gasteiger partial charge in [0.15, 0.2) is 29.7 Å². The largest absolute Gasteiger partial charge is 0.493 e. The minimum Gasteiger partial charge on any atom is -0.493 e. The lowest BCUT2D eigenvalue weighted by Gasteiger charge is -2.27. The van der Waals surface area contributed by atoms with Gasteiger partial charge in [-0.1, -0.05) is 12.1 Å². The van der Waals surface area contributed by atoms with Gasteiger partial charge in [0.05, 0.1) is 7.11 Å². The molecule has 7 heteroatoms. The Morgan fingerprint density at radius 2 is 1.84 bits per heavy atom. The molecule has 0 saturated carbocycles. The van der Waals surface area contributed by atoms with Gasteiger partial charge < -0.3 is 19.7 Å². The van der Waals surface area contributed by atoms with Crippen LogP contribution in [0.1, 0.15) is 19.3 Å². The average molecular weight is 342 g/mol. The highest BCUT2D eigenvalue weighted by Crippen LogP contribution is 2.25. The summed E-state index contributed by atoms with van der Waals surface area (Å²) in [6.45, 7) is 1.89. The summed E-state index contributed by atoms with van der Waals surface area (Å²) in [7, 11) is 1.56. The zero-order valence-corrected chi connectivity index (χ0v) is 14.3. The molecule has 0 aliphatic carbocycles. The van der Waals surface area contributed by atoms with Gasteiger partial charge in [0.25, 0.3) is 5.91 Å². The highest BCUT2D eigenvalue weighted by atomic mass is 16.5. The number of amides is 1. The lowest BCUT2D eigenvalue weighted by Crippen LogP contribution is -2.30. The maximum absolute atomic E-state index is 12.0. The summed E-state index contributed by atoms with van der Waals surface area (Å²) < 4.78 is 10.7. The summed E-state index contributed by atoms with van der Waals surface area (Å²) in [5.74, 6) is 2.07. The van der Waals surface area contributed by atoms with E-state index >= 15 is 0 Å². The zero-order valence-electron chi connectivity index (χ0n) is 14.3. The maximum Gasteiger partial charge on any atom is 0.263 e. The van der Waals surface area contributed by atoms with E-state index in [2.05, 4.69) is 20.4 Å². The average Bonchev–Trinajstić information content (AvgIpc) is 2.68. The van der Waals surface area contributed by atoms with Crippen molar-refractivity contribution in [1.29, 1.82) is 0 Å². The van der Waals surface area contributed by atoms with Gasteiger partial charge in [-0.2, -0.15) is 0 Å². The second kappa shape index (κ2) is 8.32. The van der Waals surface area contributed by atoms with Gasteiger partial charge >= 0.3 is 0 Å². The molecule has 1 N–H and O–H groups in total. The van der Waals surface area contributed by atoms with Crippen LogP contribution >= 0.6 is 0 Å². The van der Waals surface area contributed by atoms with Gasteiger partial charge in [-0.05, 0) is 43.5 Å². The number of methoxy groups -OCH3 is 1. The normalized spacial score (nSPS) is 14.0. The Balaban J connectivity index is 1.52. The Labute approximate surface area is 147 Å². The maximum atomic E-state index is 12.0.